The normalized spacial score (nSPS) is 10.1. The van der Waals surface area contributed by atoms with Gasteiger partial charge in [-0.05, 0) is 30.7 Å². The van der Waals surface area contributed by atoms with Crippen LogP contribution in [0.5, 0.6) is 0 Å². The number of anilines is 2. The SMILES string of the molecule is CCCNc1cccc(NCc2ccccn2)c1[N+](=O)[O-]. The lowest BCUT2D eigenvalue weighted by atomic mass is 10.2. The number of rotatable bonds is 7. The van der Waals surface area contributed by atoms with Gasteiger partial charge in [0.05, 0.1) is 17.2 Å². The standard InChI is InChI=1S/C15H18N4O2/c1-2-9-17-13-7-5-8-14(15(13)19(20)21)18-11-12-6-3-4-10-16-12/h3-8,10,17-18H,2,9,11H2,1H3. The third kappa shape index (κ3) is 3.92. The Morgan fingerprint density at radius 1 is 1.14 bits per heavy atom. The highest BCUT2D eigenvalue weighted by atomic mass is 16.6. The van der Waals surface area contributed by atoms with E-state index in [2.05, 4.69) is 15.6 Å². The Hall–Kier alpha value is -2.63. The largest absolute Gasteiger partial charge is 0.379 e. The van der Waals surface area contributed by atoms with Gasteiger partial charge in [-0.3, -0.25) is 15.1 Å². The molecular formula is C15H18N4O2. The maximum atomic E-state index is 11.3. The monoisotopic (exact) mass is 286 g/mol. The third-order valence-corrected chi connectivity index (χ3v) is 2.97. The summed E-state index contributed by atoms with van der Waals surface area (Å²) in [6.07, 6.45) is 2.60. The van der Waals surface area contributed by atoms with Crippen LogP contribution in [0.3, 0.4) is 0 Å². The highest BCUT2D eigenvalue weighted by molar-refractivity contribution is 5.76. The van der Waals surface area contributed by atoms with Crippen molar-refractivity contribution in [2.75, 3.05) is 17.2 Å². The lowest BCUT2D eigenvalue weighted by molar-refractivity contribution is -0.383. The number of hydrogen-bond donors (Lipinski definition) is 2. The Morgan fingerprint density at radius 3 is 2.52 bits per heavy atom. The first-order valence-corrected chi connectivity index (χ1v) is 6.87. The van der Waals surface area contributed by atoms with Gasteiger partial charge in [0.15, 0.2) is 0 Å². The molecule has 6 nitrogen and oxygen atoms in total. The van der Waals surface area contributed by atoms with Crippen LogP contribution in [-0.2, 0) is 6.54 Å². The maximum Gasteiger partial charge on any atom is 0.315 e. The number of pyridine rings is 1. The zero-order valence-electron chi connectivity index (χ0n) is 11.9. The number of para-hydroxylation sites is 1. The van der Waals surface area contributed by atoms with Crippen molar-refractivity contribution >= 4 is 17.1 Å². The molecule has 0 aliphatic rings. The number of aromatic nitrogens is 1. The molecule has 0 aliphatic heterocycles. The molecule has 2 N–H and O–H groups in total. The predicted octanol–water partition coefficient (Wildman–Crippen LogP) is 3.42. The van der Waals surface area contributed by atoms with Gasteiger partial charge in [0.2, 0.25) is 0 Å². The van der Waals surface area contributed by atoms with E-state index in [-0.39, 0.29) is 10.6 Å². The van der Waals surface area contributed by atoms with Crippen molar-refractivity contribution in [1.29, 1.82) is 0 Å². The molecule has 2 aromatic rings. The van der Waals surface area contributed by atoms with Gasteiger partial charge < -0.3 is 10.6 Å². The molecule has 0 amide bonds. The summed E-state index contributed by atoms with van der Waals surface area (Å²) in [5.74, 6) is 0. The first-order valence-electron chi connectivity index (χ1n) is 6.87. The molecular weight excluding hydrogens is 268 g/mol. The van der Waals surface area contributed by atoms with Gasteiger partial charge in [-0.2, -0.15) is 0 Å². The van der Waals surface area contributed by atoms with Crippen molar-refractivity contribution in [3.63, 3.8) is 0 Å². The molecule has 2 rings (SSSR count). The van der Waals surface area contributed by atoms with Crippen LogP contribution in [-0.4, -0.2) is 16.5 Å². The van der Waals surface area contributed by atoms with E-state index < -0.39 is 0 Å². The smallest absolute Gasteiger partial charge is 0.315 e. The van der Waals surface area contributed by atoms with Crippen LogP contribution in [0.25, 0.3) is 0 Å². The van der Waals surface area contributed by atoms with E-state index >= 15 is 0 Å². The van der Waals surface area contributed by atoms with Gasteiger partial charge in [0.25, 0.3) is 0 Å². The molecule has 0 spiro atoms. The van der Waals surface area contributed by atoms with Crippen LogP contribution < -0.4 is 10.6 Å². The van der Waals surface area contributed by atoms with Crippen molar-refractivity contribution in [3.05, 3.63) is 58.4 Å². The summed E-state index contributed by atoms with van der Waals surface area (Å²) < 4.78 is 0. The second-order valence-electron chi connectivity index (χ2n) is 4.56. The lowest BCUT2D eigenvalue weighted by Gasteiger charge is -2.11. The molecule has 0 unspecified atom stereocenters. The molecule has 1 aromatic heterocycles. The minimum absolute atomic E-state index is 0.0712. The van der Waals surface area contributed by atoms with E-state index in [9.17, 15) is 10.1 Å². The van der Waals surface area contributed by atoms with Gasteiger partial charge in [-0.15, -0.1) is 0 Å². The fraction of sp³-hybridized carbons (Fsp3) is 0.267. The average Bonchev–Trinajstić information content (AvgIpc) is 2.51. The maximum absolute atomic E-state index is 11.3. The summed E-state index contributed by atoms with van der Waals surface area (Å²) in [6.45, 7) is 3.16. The quantitative estimate of drug-likeness (QED) is 0.602. The third-order valence-electron chi connectivity index (χ3n) is 2.97. The Kier molecular flexibility index (Phi) is 5.09. The van der Waals surface area contributed by atoms with E-state index in [4.69, 9.17) is 0 Å². The van der Waals surface area contributed by atoms with Gasteiger partial charge in [0, 0.05) is 12.7 Å². The number of nitrogens with one attached hydrogen (secondary N) is 2. The van der Waals surface area contributed by atoms with Crippen molar-refractivity contribution < 1.29 is 4.92 Å². The fourth-order valence-corrected chi connectivity index (χ4v) is 1.97. The van der Waals surface area contributed by atoms with Crippen molar-refractivity contribution in [2.45, 2.75) is 19.9 Å². The zero-order chi connectivity index (χ0) is 15.1. The van der Waals surface area contributed by atoms with Gasteiger partial charge >= 0.3 is 5.69 Å². The Labute approximate surface area is 123 Å². The zero-order valence-corrected chi connectivity index (χ0v) is 11.9. The van der Waals surface area contributed by atoms with Crippen LogP contribution >= 0.6 is 0 Å². The van der Waals surface area contributed by atoms with Gasteiger partial charge in [-0.1, -0.05) is 19.1 Å². The molecule has 21 heavy (non-hydrogen) atoms. The minimum atomic E-state index is -0.362. The second-order valence-corrected chi connectivity index (χ2v) is 4.56. The Balaban J connectivity index is 2.20. The Morgan fingerprint density at radius 2 is 1.90 bits per heavy atom. The van der Waals surface area contributed by atoms with Crippen molar-refractivity contribution in [3.8, 4) is 0 Å². The van der Waals surface area contributed by atoms with E-state index in [1.165, 1.54) is 0 Å². The molecule has 0 atom stereocenters. The van der Waals surface area contributed by atoms with Gasteiger partial charge in [-0.25, -0.2) is 0 Å². The highest BCUT2D eigenvalue weighted by Gasteiger charge is 2.19. The van der Waals surface area contributed by atoms with Crippen molar-refractivity contribution in [2.24, 2.45) is 0 Å². The molecule has 110 valence electrons. The Bertz CT molecular complexity index is 602. The van der Waals surface area contributed by atoms with Crippen molar-refractivity contribution in [1.82, 2.24) is 4.98 Å². The first kappa shape index (κ1) is 14.8. The summed E-state index contributed by atoms with van der Waals surface area (Å²) in [5.41, 5.74) is 1.93. The molecule has 0 fully saturated rings. The number of nitro groups is 1. The molecule has 1 aromatic carbocycles. The molecule has 6 heteroatoms. The molecule has 1 heterocycles. The van der Waals surface area contributed by atoms with E-state index in [1.807, 2.05) is 25.1 Å². The lowest BCUT2D eigenvalue weighted by Crippen LogP contribution is -2.07. The number of hydrogen-bond acceptors (Lipinski definition) is 5. The summed E-state index contributed by atoms with van der Waals surface area (Å²) in [4.78, 5) is 15.2. The number of nitro benzene ring substituents is 1. The van der Waals surface area contributed by atoms with Gasteiger partial charge in [0.1, 0.15) is 11.4 Å². The van der Waals surface area contributed by atoms with Crippen LogP contribution in [0.2, 0.25) is 0 Å². The van der Waals surface area contributed by atoms with E-state index in [0.717, 1.165) is 12.1 Å². The number of nitrogens with zero attached hydrogens (tertiary/aromatic N) is 2. The van der Waals surface area contributed by atoms with E-state index in [0.29, 0.717) is 24.5 Å². The topological polar surface area (TPSA) is 80.1 Å². The molecule has 0 saturated carbocycles. The van der Waals surface area contributed by atoms with Crippen LogP contribution in [0, 0.1) is 10.1 Å². The summed E-state index contributed by atoms with van der Waals surface area (Å²) in [6, 6.07) is 10.8. The average molecular weight is 286 g/mol. The second kappa shape index (κ2) is 7.23. The molecule has 0 radical (unpaired) electrons. The number of benzene rings is 1. The summed E-state index contributed by atoms with van der Waals surface area (Å²) in [5, 5.41) is 17.5. The minimum Gasteiger partial charge on any atom is -0.379 e. The summed E-state index contributed by atoms with van der Waals surface area (Å²) >= 11 is 0. The van der Waals surface area contributed by atoms with Crippen LogP contribution in [0.4, 0.5) is 17.1 Å². The summed E-state index contributed by atoms with van der Waals surface area (Å²) in [7, 11) is 0. The molecule has 0 bridgehead atoms. The van der Waals surface area contributed by atoms with Crippen LogP contribution in [0.15, 0.2) is 42.6 Å². The predicted molar refractivity (Wildman–Crippen MR) is 83.4 cm³/mol. The molecule has 0 saturated heterocycles. The van der Waals surface area contributed by atoms with Crippen LogP contribution in [0.1, 0.15) is 19.0 Å². The molecule has 0 aliphatic carbocycles. The first-order chi connectivity index (χ1) is 10.2. The highest BCUT2D eigenvalue weighted by Crippen LogP contribution is 2.33. The fourth-order valence-electron chi connectivity index (χ4n) is 1.97. The van der Waals surface area contributed by atoms with E-state index in [1.54, 1.807) is 24.4 Å².